The normalized spacial score (nSPS) is 16.9. The molecule has 194 valence electrons. The molecular weight excluding hydrogens is 514 g/mol. The van der Waals surface area contributed by atoms with Gasteiger partial charge in [-0.1, -0.05) is 41.4 Å². The molecule has 3 heterocycles. The molecule has 0 unspecified atom stereocenters. The summed E-state index contributed by atoms with van der Waals surface area (Å²) in [6.45, 7) is 6.70. The maximum Gasteiger partial charge on any atom is 0.226 e. The zero-order chi connectivity index (χ0) is 26.8. The number of hydrogen-bond donors (Lipinski definition) is 2. The van der Waals surface area contributed by atoms with Crippen molar-refractivity contribution in [2.24, 2.45) is 0 Å². The van der Waals surface area contributed by atoms with Crippen molar-refractivity contribution < 1.29 is 4.79 Å². The van der Waals surface area contributed by atoms with Crippen LogP contribution in [-0.2, 0) is 4.79 Å². The Morgan fingerprint density at radius 3 is 2.55 bits per heavy atom. The van der Waals surface area contributed by atoms with Crippen LogP contribution in [0.4, 0.5) is 5.69 Å². The molecule has 0 aliphatic carbocycles. The Kier molecular flexibility index (Phi) is 7.49. The average Bonchev–Trinajstić information content (AvgIpc) is 3.39. The lowest BCUT2D eigenvalue weighted by molar-refractivity contribution is -0.116. The topological polar surface area (TPSA) is 62.2 Å². The van der Waals surface area contributed by atoms with Gasteiger partial charge in [-0.15, -0.1) is 0 Å². The van der Waals surface area contributed by atoms with Gasteiger partial charge in [0.15, 0.2) is 5.11 Å². The van der Waals surface area contributed by atoms with Crippen molar-refractivity contribution in [1.29, 1.82) is 0 Å². The van der Waals surface area contributed by atoms with Crippen LogP contribution in [0.25, 0.3) is 5.69 Å². The first-order valence-electron chi connectivity index (χ1n) is 12.6. The molecule has 1 fully saturated rings. The molecule has 5 rings (SSSR count). The third kappa shape index (κ3) is 5.30. The molecule has 0 spiro atoms. The van der Waals surface area contributed by atoms with Crippen molar-refractivity contribution in [2.45, 2.75) is 39.3 Å². The van der Waals surface area contributed by atoms with E-state index in [1.807, 2.05) is 67.6 Å². The van der Waals surface area contributed by atoms with E-state index >= 15 is 0 Å². The predicted octanol–water partition coefficient (Wildman–Crippen LogP) is 6.45. The summed E-state index contributed by atoms with van der Waals surface area (Å²) in [6.07, 6.45) is 2.10. The van der Waals surface area contributed by atoms with Crippen LogP contribution in [0.15, 0.2) is 79.0 Å². The number of nitrogens with zero attached hydrogens (tertiary/aromatic N) is 3. The smallest absolute Gasteiger partial charge is 0.226 e. The Labute approximate surface area is 233 Å². The summed E-state index contributed by atoms with van der Waals surface area (Å²) in [4.78, 5) is 19.6. The molecule has 6 nitrogen and oxygen atoms in total. The number of pyridine rings is 1. The SMILES string of the molecule is Cc1ccc(NC(=O)CCN2C(=S)N[C@@H](c3ccccn3)[C@H]2c2cc(C)n(-c3cccc(Cl)c3)c2C)cc1. The van der Waals surface area contributed by atoms with E-state index in [2.05, 4.69) is 51.1 Å². The second kappa shape index (κ2) is 11.0. The van der Waals surface area contributed by atoms with Gasteiger partial charge in [-0.3, -0.25) is 9.78 Å². The number of anilines is 1. The molecule has 1 saturated heterocycles. The fourth-order valence-electron chi connectivity index (χ4n) is 5.17. The summed E-state index contributed by atoms with van der Waals surface area (Å²) in [6, 6.07) is 23.5. The number of aromatic nitrogens is 2. The standard InChI is InChI=1S/C30H30ClN5OS/c1-19-10-12-23(13-11-19)33-27(37)14-16-35-29(28(34-30(35)38)26-9-4-5-15-32-26)25-17-20(2)36(21(25)3)24-8-6-7-22(31)18-24/h4-13,15,17-18,28-29H,14,16H2,1-3H3,(H,33,37)(H,34,38)/t28-,29+/m0/s1. The molecule has 2 N–H and O–H groups in total. The highest BCUT2D eigenvalue weighted by Gasteiger charge is 2.41. The van der Waals surface area contributed by atoms with Gasteiger partial charge in [-0.25, -0.2) is 0 Å². The molecular formula is C30H30ClN5OS. The minimum atomic E-state index is -0.155. The zero-order valence-electron chi connectivity index (χ0n) is 21.6. The summed E-state index contributed by atoms with van der Waals surface area (Å²) in [5.41, 5.74) is 7.16. The Balaban J connectivity index is 1.46. The fraction of sp³-hybridized carbons (Fsp3) is 0.233. The number of carbonyl (C=O) groups is 1. The van der Waals surface area contributed by atoms with E-state index < -0.39 is 0 Å². The van der Waals surface area contributed by atoms with E-state index in [9.17, 15) is 4.79 Å². The molecule has 0 saturated carbocycles. The number of rotatable bonds is 7. The summed E-state index contributed by atoms with van der Waals surface area (Å²) >= 11 is 12.1. The van der Waals surface area contributed by atoms with Gasteiger partial charge < -0.3 is 20.1 Å². The minimum Gasteiger partial charge on any atom is -0.352 e. The second-order valence-electron chi connectivity index (χ2n) is 9.63. The van der Waals surface area contributed by atoms with Gasteiger partial charge in [0, 0.05) is 46.9 Å². The molecule has 1 aliphatic rings. The molecule has 2 aromatic carbocycles. The number of benzene rings is 2. The van der Waals surface area contributed by atoms with Crippen LogP contribution in [0, 0.1) is 20.8 Å². The van der Waals surface area contributed by atoms with Crippen LogP contribution in [0.3, 0.4) is 0 Å². The minimum absolute atomic E-state index is 0.0545. The number of aryl methyl sites for hydroxylation is 2. The molecule has 4 aromatic rings. The molecule has 8 heteroatoms. The van der Waals surface area contributed by atoms with E-state index in [1.165, 1.54) is 0 Å². The lowest BCUT2D eigenvalue weighted by atomic mass is 9.96. The third-order valence-electron chi connectivity index (χ3n) is 6.97. The molecule has 0 radical (unpaired) electrons. The highest BCUT2D eigenvalue weighted by Crippen LogP contribution is 2.41. The molecule has 1 amide bonds. The van der Waals surface area contributed by atoms with Crippen molar-refractivity contribution in [1.82, 2.24) is 19.8 Å². The Hall–Kier alpha value is -3.68. The predicted molar refractivity (Wildman–Crippen MR) is 157 cm³/mol. The second-order valence-corrected chi connectivity index (χ2v) is 10.4. The van der Waals surface area contributed by atoms with Crippen molar-refractivity contribution in [2.75, 3.05) is 11.9 Å². The molecule has 1 aliphatic heterocycles. The zero-order valence-corrected chi connectivity index (χ0v) is 23.2. The van der Waals surface area contributed by atoms with Crippen molar-refractivity contribution in [3.8, 4) is 5.69 Å². The first kappa shape index (κ1) is 25.9. The summed E-state index contributed by atoms with van der Waals surface area (Å²) in [5.74, 6) is -0.0545. The van der Waals surface area contributed by atoms with Gasteiger partial charge in [0.1, 0.15) is 0 Å². The van der Waals surface area contributed by atoms with E-state index in [4.69, 9.17) is 23.8 Å². The maximum absolute atomic E-state index is 12.9. The van der Waals surface area contributed by atoms with Gasteiger partial charge in [0.25, 0.3) is 0 Å². The van der Waals surface area contributed by atoms with Crippen molar-refractivity contribution in [3.05, 3.63) is 112 Å². The fourth-order valence-corrected chi connectivity index (χ4v) is 5.68. The largest absolute Gasteiger partial charge is 0.352 e. The van der Waals surface area contributed by atoms with Crippen molar-refractivity contribution >= 4 is 40.5 Å². The summed E-state index contributed by atoms with van der Waals surface area (Å²) < 4.78 is 2.21. The van der Waals surface area contributed by atoms with Crippen LogP contribution in [0.5, 0.6) is 0 Å². The lowest BCUT2D eigenvalue weighted by Gasteiger charge is -2.28. The Morgan fingerprint density at radius 2 is 1.84 bits per heavy atom. The first-order valence-corrected chi connectivity index (χ1v) is 13.4. The molecule has 38 heavy (non-hydrogen) atoms. The van der Waals surface area contributed by atoms with Gasteiger partial charge in [-0.2, -0.15) is 0 Å². The number of thiocarbonyl (C=S) groups is 1. The van der Waals surface area contributed by atoms with Gasteiger partial charge in [0.2, 0.25) is 5.91 Å². The molecule has 0 bridgehead atoms. The van der Waals surface area contributed by atoms with Crippen LogP contribution in [0.1, 0.15) is 46.7 Å². The highest BCUT2D eigenvalue weighted by molar-refractivity contribution is 7.80. The third-order valence-corrected chi connectivity index (χ3v) is 7.56. The quantitative estimate of drug-likeness (QED) is 0.262. The first-order chi connectivity index (χ1) is 18.3. The van der Waals surface area contributed by atoms with E-state index in [1.54, 1.807) is 6.20 Å². The maximum atomic E-state index is 12.9. The van der Waals surface area contributed by atoms with Crippen LogP contribution in [0.2, 0.25) is 5.02 Å². The summed E-state index contributed by atoms with van der Waals surface area (Å²) in [7, 11) is 0. The number of nitrogens with one attached hydrogen (secondary N) is 2. The van der Waals surface area contributed by atoms with Gasteiger partial charge in [0.05, 0.1) is 17.8 Å². The van der Waals surface area contributed by atoms with Crippen LogP contribution >= 0.6 is 23.8 Å². The Bertz CT molecular complexity index is 1470. The monoisotopic (exact) mass is 543 g/mol. The average molecular weight is 544 g/mol. The number of hydrogen-bond acceptors (Lipinski definition) is 3. The van der Waals surface area contributed by atoms with E-state index in [0.717, 1.165) is 39.6 Å². The van der Waals surface area contributed by atoms with Gasteiger partial charge in [-0.05, 0) is 87.1 Å². The molecule has 2 aromatic heterocycles. The lowest BCUT2D eigenvalue weighted by Crippen LogP contribution is -2.32. The highest BCUT2D eigenvalue weighted by atomic mass is 35.5. The summed E-state index contributed by atoms with van der Waals surface area (Å²) in [5, 5.41) is 7.78. The van der Waals surface area contributed by atoms with E-state index in [0.29, 0.717) is 23.1 Å². The number of carbonyl (C=O) groups excluding carboxylic acids is 1. The number of amides is 1. The van der Waals surface area contributed by atoms with Crippen LogP contribution < -0.4 is 10.6 Å². The Morgan fingerprint density at radius 1 is 1.05 bits per heavy atom. The van der Waals surface area contributed by atoms with E-state index in [-0.39, 0.29) is 18.0 Å². The molecule has 2 atom stereocenters. The van der Waals surface area contributed by atoms with Crippen molar-refractivity contribution in [3.63, 3.8) is 0 Å². The number of halogens is 1. The van der Waals surface area contributed by atoms with Gasteiger partial charge >= 0.3 is 0 Å². The van der Waals surface area contributed by atoms with Crippen LogP contribution in [-0.4, -0.2) is 32.0 Å².